The van der Waals surface area contributed by atoms with Crippen LogP contribution in [-0.4, -0.2) is 24.6 Å². The molecule has 1 rings (SSSR count). The lowest BCUT2D eigenvalue weighted by atomic mass is 10.2. The number of ether oxygens (including phenoxy) is 1. The molecule has 0 aliphatic heterocycles. The average Bonchev–Trinajstić information content (AvgIpc) is 2.24. The number of nitrogens with zero attached hydrogens (tertiary/aromatic N) is 1. The average molecular weight is 262 g/mol. The molecule has 88 valence electrons. The van der Waals surface area contributed by atoms with Gasteiger partial charge in [-0.05, 0) is 24.6 Å². The second-order valence-corrected chi connectivity index (χ2v) is 4.12. The summed E-state index contributed by atoms with van der Waals surface area (Å²) < 4.78 is 4.86. The van der Waals surface area contributed by atoms with Crippen LogP contribution in [0.25, 0.3) is 0 Å². The molecule has 0 bridgehead atoms. The Balaban J connectivity index is 2.66. The van der Waals surface area contributed by atoms with Crippen molar-refractivity contribution in [2.24, 2.45) is 0 Å². The van der Waals surface area contributed by atoms with Gasteiger partial charge in [0, 0.05) is 13.6 Å². The molecule has 0 aliphatic carbocycles. The Morgan fingerprint density at radius 3 is 2.62 bits per heavy atom. The first-order chi connectivity index (χ1) is 7.54. The molecule has 16 heavy (non-hydrogen) atoms. The number of hydrogen-bond acceptors (Lipinski definition) is 2. The minimum Gasteiger partial charge on any atom is -0.450 e. The van der Waals surface area contributed by atoms with Gasteiger partial charge in [0.25, 0.3) is 0 Å². The van der Waals surface area contributed by atoms with Gasteiger partial charge in [0.1, 0.15) is 0 Å². The number of rotatable bonds is 3. The molecule has 0 atom stereocenters. The molecule has 0 radical (unpaired) electrons. The topological polar surface area (TPSA) is 29.5 Å². The second-order valence-electron chi connectivity index (χ2n) is 3.30. The summed E-state index contributed by atoms with van der Waals surface area (Å²) >= 11 is 11.7. The van der Waals surface area contributed by atoms with Crippen molar-refractivity contribution >= 4 is 29.3 Å². The number of halogens is 2. The molecule has 0 heterocycles. The minimum absolute atomic E-state index is 0.353. The van der Waals surface area contributed by atoms with Gasteiger partial charge in [-0.3, -0.25) is 0 Å². The second kappa shape index (κ2) is 5.97. The van der Waals surface area contributed by atoms with Gasteiger partial charge in [0.2, 0.25) is 0 Å². The van der Waals surface area contributed by atoms with Crippen molar-refractivity contribution in [2.45, 2.75) is 13.5 Å². The molecule has 0 saturated carbocycles. The van der Waals surface area contributed by atoms with Crippen molar-refractivity contribution in [2.75, 3.05) is 13.7 Å². The lowest BCUT2D eigenvalue weighted by Gasteiger charge is -2.16. The van der Waals surface area contributed by atoms with Gasteiger partial charge in [0.15, 0.2) is 0 Å². The van der Waals surface area contributed by atoms with Gasteiger partial charge in [-0.1, -0.05) is 29.3 Å². The molecule has 1 amide bonds. The van der Waals surface area contributed by atoms with E-state index in [1.165, 1.54) is 4.90 Å². The van der Waals surface area contributed by atoms with Crippen LogP contribution in [0.15, 0.2) is 18.2 Å². The molecular weight excluding hydrogens is 249 g/mol. The summed E-state index contributed by atoms with van der Waals surface area (Å²) in [6.07, 6.45) is -0.353. The summed E-state index contributed by atoms with van der Waals surface area (Å²) in [5, 5.41) is 0.987. The fourth-order valence-corrected chi connectivity index (χ4v) is 1.53. The van der Waals surface area contributed by atoms with E-state index in [1.54, 1.807) is 26.1 Å². The number of hydrogen-bond donors (Lipinski definition) is 0. The minimum atomic E-state index is -0.353. The standard InChI is InChI=1S/C11H13Cl2NO2/c1-3-16-11(15)14(2)7-8-4-5-9(12)10(13)6-8/h4-6H,3,7H2,1-2H3. The van der Waals surface area contributed by atoms with Crippen LogP contribution < -0.4 is 0 Å². The van der Waals surface area contributed by atoms with E-state index in [2.05, 4.69) is 0 Å². The summed E-state index contributed by atoms with van der Waals surface area (Å²) in [6, 6.07) is 5.27. The molecule has 1 aromatic rings. The van der Waals surface area contributed by atoms with E-state index in [9.17, 15) is 4.79 Å². The van der Waals surface area contributed by atoms with E-state index in [0.717, 1.165) is 5.56 Å². The third-order valence-electron chi connectivity index (χ3n) is 1.98. The molecule has 0 unspecified atom stereocenters. The number of amides is 1. The predicted molar refractivity (Wildman–Crippen MR) is 65.0 cm³/mol. The van der Waals surface area contributed by atoms with Gasteiger partial charge in [-0.2, -0.15) is 0 Å². The monoisotopic (exact) mass is 261 g/mol. The zero-order valence-corrected chi connectivity index (χ0v) is 10.7. The fourth-order valence-electron chi connectivity index (χ4n) is 1.21. The van der Waals surface area contributed by atoms with Crippen LogP contribution in [0.2, 0.25) is 10.0 Å². The van der Waals surface area contributed by atoms with Crippen LogP contribution >= 0.6 is 23.2 Å². The third kappa shape index (κ3) is 3.58. The Hall–Kier alpha value is -0.930. The lowest BCUT2D eigenvalue weighted by Crippen LogP contribution is -2.26. The first kappa shape index (κ1) is 13.1. The van der Waals surface area contributed by atoms with Crippen molar-refractivity contribution in [3.63, 3.8) is 0 Å². The van der Waals surface area contributed by atoms with Crippen LogP contribution in [0.5, 0.6) is 0 Å². The van der Waals surface area contributed by atoms with E-state index in [0.29, 0.717) is 23.2 Å². The van der Waals surface area contributed by atoms with E-state index in [1.807, 2.05) is 6.07 Å². The summed E-state index contributed by atoms with van der Waals surface area (Å²) in [4.78, 5) is 12.8. The molecule has 0 saturated heterocycles. The van der Waals surface area contributed by atoms with Crippen LogP contribution in [0.1, 0.15) is 12.5 Å². The van der Waals surface area contributed by atoms with Gasteiger partial charge in [-0.25, -0.2) is 4.79 Å². The number of carbonyl (C=O) groups excluding carboxylic acids is 1. The maximum Gasteiger partial charge on any atom is 0.409 e. The van der Waals surface area contributed by atoms with Gasteiger partial charge >= 0.3 is 6.09 Å². The van der Waals surface area contributed by atoms with Crippen molar-refractivity contribution in [1.29, 1.82) is 0 Å². The van der Waals surface area contributed by atoms with E-state index in [-0.39, 0.29) is 6.09 Å². The largest absolute Gasteiger partial charge is 0.450 e. The van der Waals surface area contributed by atoms with Gasteiger partial charge in [-0.15, -0.1) is 0 Å². The van der Waals surface area contributed by atoms with Crippen molar-refractivity contribution in [1.82, 2.24) is 4.90 Å². The van der Waals surface area contributed by atoms with Crippen molar-refractivity contribution in [3.8, 4) is 0 Å². The molecule has 0 N–H and O–H groups in total. The maximum absolute atomic E-state index is 11.3. The molecule has 0 aliphatic rings. The van der Waals surface area contributed by atoms with Gasteiger partial charge < -0.3 is 9.64 Å². The van der Waals surface area contributed by atoms with E-state index < -0.39 is 0 Å². The zero-order chi connectivity index (χ0) is 12.1. The first-order valence-electron chi connectivity index (χ1n) is 4.86. The van der Waals surface area contributed by atoms with E-state index >= 15 is 0 Å². The normalized spacial score (nSPS) is 10.0. The SMILES string of the molecule is CCOC(=O)N(C)Cc1ccc(Cl)c(Cl)c1. The molecule has 0 fully saturated rings. The Kier molecular flexibility index (Phi) is 4.90. The Morgan fingerprint density at radius 1 is 1.38 bits per heavy atom. The Morgan fingerprint density at radius 2 is 2.06 bits per heavy atom. The summed E-state index contributed by atoms with van der Waals surface area (Å²) in [5.74, 6) is 0. The number of carbonyl (C=O) groups is 1. The predicted octanol–water partition coefficient (Wildman–Crippen LogP) is 3.58. The van der Waals surface area contributed by atoms with E-state index in [4.69, 9.17) is 27.9 Å². The summed E-state index contributed by atoms with van der Waals surface area (Å²) in [5.41, 5.74) is 0.907. The molecule has 0 spiro atoms. The highest BCUT2D eigenvalue weighted by Crippen LogP contribution is 2.23. The van der Waals surface area contributed by atoms with Crippen LogP contribution in [-0.2, 0) is 11.3 Å². The van der Waals surface area contributed by atoms with Crippen molar-refractivity contribution < 1.29 is 9.53 Å². The van der Waals surface area contributed by atoms with Crippen molar-refractivity contribution in [3.05, 3.63) is 33.8 Å². The molecule has 1 aromatic carbocycles. The fraction of sp³-hybridized carbons (Fsp3) is 0.364. The van der Waals surface area contributed by atoms with Crippen LogP contribution in [0.3, 0.4) is 0 Å². The highest BCUT2D eigenvalue weighted by atomic mass is 35.5. The third-order valence-corrected chi connectivity index (χ3v) is 2.72. The molecule has 3 nitrogen and oxygen atoms in total. The smallest absolute Gasteiger partial charge is 0.409 e. The highest BCUT2D eigenvalue weighted by molar-refractivity contribution is 6.42. The Labute approximate surface area is 105 Å². The maximum atomic E-state index is 11.3. The molecule has 5 heteroatoms. The number of benzene rings is 1. The molecule has 0 aromatic heterocycles. The van der Waals surface area contributed by atoms with Gasteiger partial charge in [0.05, 0.1) is 16.7 Å². The first-order valence-corrected chi connectivity index (χ1v) is 5.62. The van der Waals surface area contributed by atoms with Crippen LogP contribution in [0, 0.1) is 0 Å². The zero-order valence-electron chi connectivity index (χ0n) is 9.17. The summed E-state index contributed by atoms with van der Waals surface area (Å²) in [7, 11) is 1.67. The lowest BCUT2D eigenvalue weighted by molar-refractivity contribution is 0.114. The molecular formula is C11H13Cl2NO2. The summed E-state index contributed by atoms with van der Waals surface area (Å²) in [6.45, 7) is 2.57. The Bertz CT molecular complexity index is 382. The highest BCUT2D eigenvalue weighted by Gasteiger charge is 2.10. The van der Waals surface area contributed by atoms with Crippen LogP contribution in [0.4, 0.5) is 4.79 Å². The quantitative estimate of drug-likeness (QED) is 0.833.